The Morgan fingerprint density at radius 1 is 1.09 bits per heavy atom. The molecule has 2 nitrogen and oxygen atoms in total. The Balaban J connectivity index is 2.09. The van der Waals surface area contributed by atoms with Crippen LogP contribution in [0.3, 0.4) is 0 Å². The Morgan fingerprint density at radius 3 is 2.48 bits per heavy atom. The van der Waals surface area contributed by atoms with Crippen molar-refractivity contribution in [3.8, 4) is 0 Å². The number of benzene rings is 2. The Kier molecular flexibility index (Phi) is 3.93. The molecule has 0 bridgehead atoms. The van der Waals surface area contributed by atoms with E-state index in [9.17, 15) is 8.42 Å². The summed E-state index contributed by atoms with van der Waals surface area (Å²) in [5.74, 6) is 0.241. The maximum absolute atomic E-state index is 12.3. The smallest absolute Gasteiger partial charge is 0.178 e. The largest absolute Gasteiger partial charge is 0.224 e. The second kappa shape index (κ2) is 5.64. The fraction of sp³-hybridized carbons (Fsp3) is 0.300. The zero-order valence-electron chi connectivity index (χ0n) is 13.8. The van der Waals surface area contributed by atoms with Gasteiger partial charge in [-0.2, -0.15) is 0 Å². The Hall–Kier alpha value is -1.87. The Labute approximate surface area is 138 Å². The second-order valence-electron chi connectivity index (χ2n) is 6.90. The molecule has 3 heteroatoms. The molecule has 3 rings (SSSR count). The first kappa shape index (κ1) is 16.0. The van der Waals surface area contributed by atoms with Gasteiger partial charge in [-0.3, -0.25) is 0 Å². The third-order valence-electron chi connectivity index (χ3n) is 4.68. The number of hydrogen-bond acceptors (Lipinski definition) is 2. The van der Waals surface area contributed by atoms with E-state index in [-0.39, 0.29) is 11.2 Å². The topological polar surface area (TPSA) is 34.1 Å². The van der Waals surface area contributed by atoms with Crippen LogP contribution >= 0.6 is 0 Å². The van der Waals surface area contributed by atoms with Gasteiger partial charge in [-0.15, -0.1) is 0 Å². The molecule has 2 aromatic rings. The average molecular weight is 326 g/mol. The Bertz CT molecular complexity index is 860. The lowest BCUT2D eigenvalue weighted by Crippen LogP contribution is -2.30. The van der Waals surface area contributed by atoms with Gasteiger partial charge in [0.1, 0.15) is 0 Å². The molecule has 0 aliphatic carbocycles. The van der Waals surface area contributed by atoms with Gasteiger partial charge < -0.3 is 0 Å². The highest BCUT2D eigenvalue weighted by Crippen LogP contribution is 2.39. The van der Waals surface area contributed by atoms with Gasteiger partial charge in [0, 0.05) is 0 Å². The molecule has 1 aliphatic rings. The molecule has 120 valence electrons. The van der Waals surface area contributed by atoms with Crippen molar-refractivity contribution in [1.29, 1.82) is 0 Å². The summed E-state index contributed by atoms with van der Waals surface area (Å²) in [5.41, 5.74) is 4.20. The first-order valence-electron chi connectivity index (χ1n) is 7.91. The summed E-state index contributed by atoms with van der Waals surface area (Å²) in [7, 11) is -3.13. The van der Waals surface area contributed by atoms with Gasteiger partial charge in [0.25, 0.3) is 0 Å². The van der Waals surface area contributed by atoms with Crippen LogP contribution in [0.2, 0.25) is 0 Å². The van der Waals surface area contributed by atoms with Gasteiger partial charge in [0.2, 0.25) is 0 Å². The summed E-state index contributed by atoms with van der Waals surface area (Å²) in [6, 6.07) is 15.9. The third kappa shape index (κ3) is 3.11. The summed E-state index contributed by atoms with van der Waals surface area (Å²) < 4.78 is 24.6. The molecule has 0 atom stereocenters. The van der Waals surface area contributed by atoms with E-state index in [1.165, 1.54) is 0 Å². The number of hydrogen-bond donors (Lipinski definition) is 0. The first-order valence-corrected chi connectivity index (χ1v) is 9.56. The van der Waals surface area contributed by atoms with Crippen molar-refractivity contribution in [3.63, 3.8) is 0 Å². The molecule has 0 saturated heterocycles. The number of rotatable bonds is 2. The summed E-state index contributed by atoms with van der Waals surface area (Å²) >= 11 is 0. The van der Waals surface area contributed by atoms with E-state index in [1.807, 2.05) is 24.3 Å². The van der Waals surface area contributed by atoms with Crippen LogP contribution < -0.4 is 0 Å². The van der Waals surface area contributed by atoms with Crippen LogP contribution in [0, 0.1) is 0 Å². The highest BCUT2D eigenvalue weighted by atomic mass is 32.2. The van der Waals surface area contributed by atoms with Crippen LogP contribution in [0.5, 0.6) is 0 Å². The molecule has 1 aliphatic heterocycles. The van der Waals surface area contributed by atoms with Crippen LogP contribution in [0.4, 0.5) is 0 Å². The van der Waals surface area contributed by atoms with E-state index < -0.39 is 9.84 Å². The zero-order valence-corrected chi connectivity index (χ0v) is 14.7. The van der Waals surface area contributed by atoms with Crippen LogP contribution in [0.15, 0.2) is 53.4 Å². The van der Waals surface area contributed by atoms with Crippen molar-refractivity contribution in [3.05, 3.63) is 65.2 Å². The summed E-state index contributed by atoms with van der Waals surface area (Å²) in [6.07, 6.45) is 2.80. The van der Waals surface area contributed by atoms with E-state index in [2.05, 4.69) is 45.0 Å². The average Bonchev–Trinajstić information content (AvgIpc) is 2.52. The lowest BCUT2D eigenvalue weighted by Gasteiger charge is -2.32. The number of fused-ring (bicyclic) bond motifs is 1. The van der Waals surface area contributed by atoms with Gasteiger partial charge in [-0.1, -0.05) is 56.3 Å². The van der Waals surface area contributed by atoms with Gasteiger partial charge in [0.15, 0.2) is 9.84 Å². The van der Waals surface area contributed by atoms with Crippen molar-refractivity contribution in [1.82, 2.24) is 0 Å². The SMILES string of the molecule is CC(=Cc1ccccc1)c1ccc2c(c1)C(C)(C)CCS2(=O)=O. The van der Waals surface area contributed by atoms with Gasteiger partial charge in [0.05, 0.1) is 10.6 Å². The second-order valence-corrected chi connectivity index (χ2v) is 8.98. The summed E-state index contributed by atoms with van der Waals surface area (Å²) in [6.45, 7) is 6.32. The van der Waals surface area contributed by atoms with E-state index in [0.29, 0.717) is 11.3 Å². The molecule has 1 heterocycles. The molecule has 0 radical (unpaired) electrons. The number of sulfone groups is 1. The molecular weight excluding hydrogens is 304 g/mol. The van der Waals surface area contributed by atoms with Crippen LogP contribution in [-0.2, 0) is 15.3 Å². The molecule has 0 aromatic heterocycles. The predicted molar refractivity (Wildman–Crippen MR) is 96.1 cm³/mol. The maximum Gasteiger partial charge on any atom is 0.178 e. The molecule has 0 saturated carbocycles. The molecular formula is C20H22O2S. The quantitative estimate of drug-likeness (QED) is 0.750. The van der Waals surface area contributed by atoms with E-state index >= 15 is 0 Å². The minimum atomic E-state index is -3.13. The molecule has 0 unspecified atom stereocenters. The van der Waals surface area contributed by atoms with Crippen molar-refractivity contribution in [2.24, 2.45) is 0 Å². The first-order chi connectivity index (χ1) is 10.8. The monoisotopic (exact) mass is 326 g/mol. The van der Waals surface area contributed by atoms with Crippen molar-refractivity contribution >= 4 is 21.5 Å². The minimum Gasteiger partial charge on any atom is -0.224 e. The normalized spacial score (nSPS) is 19.2. The maximum atomic E-state index is 12.3. The van der Waals surface area contributed by atoms with Crippen molar-refractivity contribution < 1.29 is 8.42 Å². The zero-order chi connectivity index (χ0) is 16.7. The van der Waals surface area contributed by atoms with E-state index in [1.54, 1.807) is 6.07 Å². The van der Waals surface area contributed by atoms with Gasteiger partial charge in [-0.25, -0.2) is 8.42 Å². The van der Waals surface area contributed by atoms with E-state index in [4.69, 9.17) is 0 Å². The Morgan fingerprint density at radius 2 is 1.78 bits per heavy atom. The number of allylic oxidation sites excluding steroid dienone is 1. The molecule has 23 heavy (non-hydrogen) atoms. The van der Waals surface area contributed by atoms with Crippen LogP contribution in [0.25, 0.3) is 11.6 Å². The highest BCUT2D eigenvalue weighted by molar-refractivity contribution is 7.91. The van der Waals surface area contributed by atoms with E-state index in [0.717, 1.165) is 22.3 Å². The fourth-order valence-electron chi connectivity index (χ4n) is 3.09. The molecule has 0 fully saturated rings. The molecule has 0 N–H and O–H groups in total. The lowest BCUT2D eigenvalue weighted by atomic mass is 9.80. The fourth-order valence-corrected chi connectivity index (χ4v) is 5.04. The summed E-state index contributed by atoms with van der Waals surface area (Å²) in [5, 5.41) is 0. The van der Waals surface area contributed by atoms with Gasteiger partial charge in [-0.05, 0) is 53.2 Å². The van der Waals surface area contributed by atoms with Crippen molar-refractivity contribution in [2.45, 2.75) is 37.5 Å². The predicted octanol–water partition coefficient (Wildman–Crippen LogP) is 4.70. The molecule has 0 amide bonds. The molecule has 2 aromatic carbocycles. The lowest BCUT2D eigenvalue weighted by molar-refractivity contribution is 0.473. The highest BCUT2D eigenvalue weighted by Gasteiger charge is 2.35. The third-order valence-corrected chi connectivity index (χ3v) is 6.45. The van der Waals surface area contributed by atoms with Gasteiger partial charge >= 0.3 is 0 Å². The van der Waals surface area contributed by atoms with Crippen molar-refractivity contribution in [2.75, 3.05) is 5.75 Å². The standard InChI is InChI=1S/C20H22O2S/c1-15(13-16-7-5-4-6-8-16)17-9-10-19-18(14-17)20(2,3)11-12-23(19,21)22/h4-10,13-14H,11-12H2,1-3H3. The van der Waals surface area contributed by atoms with Crippen LogP contribution in [0.1, 0.15) is 43.9 Å². The minimum absolute atomic E-state index is 0.107. The molecule has 0 spiro atoms. The van der Waals surface area contributed by atoms with Crippen LogP contribution in [-0.4, -0.2) is 14.2 Å². The summed E-state index contributed by atoms with van der Waals surface area (Å²) in [4.78, 5) is 0.505.